The Kier molecular flexibility index (Phi) is 5.91. The van der Waals surface area contributed by atoms with Crippen LogP contribution in [-0.4, -0.2) is 34.4 Å². The zero-order chi connectivity index (χ0) is 25.4. The topological polar surface area (TPSA) is 124 Å². The number of barbiturate groups is 1. The number of amides is 4. The number of nitro benzene ring substituents is 1. The number of anilines is 1. The predicted octanol–water partition coefficient (Wildman–Crippen LogP) is 3.82. The van der Waals surface area contributed by atoms with Crippen molar-refractivity contribution in [2.24, 2.45) is 0 Å². The molecule has 0 unspecified atom stereocenters. The molecule has 0 bridgehead atoms. The number of nitrogens with one attached hydrogen (secondary N) is 1. The van der Waals surface area contributed by atoms with Crippen molar-refractivity contribution in [2.75, 3.05) is 12.0 Å². The van der Waals surface area contributed by atoms with E-state index in [1.165, 1.54) is 49.6 Å². The van der Waals surface area contributed by atoms with Crippen molar-refractivity contribution in [3.05, 3.63) is 87.0 Å². The van der Waals surface area contributed by atoms with Crippen LogP contribution < -0.4 is 15.0 Å². The molecule has 1 saturated heterocycles. The summed E-state index contributed by atoms with van der Waals surface area (Å²) in [6.07, 6.45) is 1.34. The fraction of sp³-hybridized carbons (Fsp3) is 0.125. The van der Waals surface area contributed by atoms with Crippen LogP contribution in [0.4, 0.5) is 20.6 Å². The number of hydrogen-bond donors (Lipinski definition) is 1. The Labute approximate surface area is 198 Å². The number of non-ortho nitro benzene ring substituents is 1. The summed E-state index contributed by atoms with van der Waals surface area (Å²) in [6.45, 7) is 3.52. The number of aryl methyl sites for hydroxylation is 1. The number of nitro groups is 1. The van der Waals surface area contributed by atoms with E-state index in [1.54, 1.807) is 24.5 Å². The maximum atomic E-state index is 13.7. The SMILES string of the molecule is COc1cc([N+](=O)[O-])ccc1-n1c(C)cc(/C=C2\C(=O)NC(=O)N(c3cccc(F)c3)C2=O)c1C. The maximum Gasteiger partial charge on any atom is 0.335 e. The zero-order valence-electron chi connectivity index (χ0n) is 18.9. The van der Waals surface area contributed by atoms with Crippen LogP contribution in [0.2, 0.25) is 0 Å². The molecule has 1 aliphatic rings. The molecule has 0 aliphatic carbocycles. The Balaban J connectivity index is 1.79. The standard InChI is InChI=1S/C24H19FN4O6/c1-13-9-15(14(2)27(13)20-8-7-18(29(33)34)12-21(20)35-3)10-19-22(30)26-24(32)28(23(19)31)17-6-4-5-16(25)11-17/h4-12H,1-3H3,(H,26,30,32)/b19-10+. The Morgan fingerprint density at radius 1 is 1.09 bits per heavy atom. The fourth-order valence-corrected chi connectivity index (χ4v) is 3.93. The Bertz CT molecular complexity index is 1440. The van der Waals surface area contributed by atoms with Gasteiger partial charge in [-0.15, -0.1) is 0 Å². The van der Waals surface area contributed by atoms with E-state index in [9.17, 15) is 28.9 Å². The first kappa shape index (κ1) is 23.4. The number of hydrogen-bond acceptors (Lipinski definition) is 6. The average Bonchev–Trinajstić information content (AvgIpc) is 3.08. The summed E-state index contributed by atoms with van der Waals surface area (Å²) in [4.78, 5) is 49.2. The lowest BCUT2D eigenvalue weighted by molar-refractivity contribution is -0.384. The van der Waals surface area contributed by atoms with Gasteiger partial charge in [0.05, 0.1) is 29.5 Å². The number of halogens is 1. The highest BCUT2D eigenvalue weighted by Gasteiger charge is 2.37. The van der Waals surface area contributed by atoms with Crippen molar-refractivity contribution in [3.63, 3.8) is 0 Å². The molecule has 0 atom stereocenters. The third-order valence-electron chi connectivity index (χ3n) is 5.55. The monoisotopic (exact) mass is 478 g/mol. The van der Waals surface area contributed by atoms with Crippen molar-refractivity contribution < 1.29 is 28.4 Å². The van der Waals surface area contributed by atoms with Crippen LogP contribution in [0.3, 0.4) is 0 Å². The number of urea groups is 1. The second kappa shape index (κ2) is 8.86. The van der Waals surface area contributed by atoms with E-state index in [1.807, 2.05) is 0 Å². The van der Waals surface area contributed by atoms with E-state index in [-0.39, 0.29) is 22.7 Å². The van der Waals surface area contributed by atoms with Gasteiger partial charge in [0.2, 0.25) is 0 Å². The lowest BCUT2D eigenvalue weighted by atomic mass is 10.1. The smallest absolute Gasteiger partial charge is 0.335 e. The molecule has 1 aliphatic heterocycles. The molecule has 35 heavy (non-hydrogen) atoms. The van der Waals surface area contributed by atoms with Gasteiger partial charge in [0, 0.05) is 17.5 Å². The van der Waals surface area contributed by atoms with Crippen molar-refractivity contribution in [3.8, 4) is 11.4 Å². The van der Waals surface area contributed by atoms with Crippen LogP contribution in [0.1, 0.15) is 17.0 Å². The van der Waals surface area contributed by atoms with Crippen molar-refractivity contribution in [1.82, 2.24) is 9.88 Å². The summed E-state index contributed by atoms with van der Waals surface area (Å²) in [7, 11) is 1.39. The Hall–Kier alpha value is -4.80. The van der Waals surface area contributed by atoms with Gasteiger partial charge in [0.15, 0.2) is 0 Å². The largest absolute Gasteiger partial charge is 0.494 e. The van der Waals surface area contributed by atoms with E-state index < -0.39 is 28.6 Å². The Morgan fingerprint density at radius 3 is 2.49 bits per heavy atom. The third-order valence-corrected chi connectivity index (χ3v) is 5.55. The van der Waals surface area contributed by atoms with E-state index in [0.717, 1.165) is 6.07 Å². The van der Waals surface area contributed by atoms with Crippen LogP contribution in [0.25, 0.3) is 11.8 Å². The van der Waals surface area contributed by atoms with E-state index in [4.69, 9.17) is 4.74 Å². The van der Waals surface area contributed by atoms with Gasteiger partial charge in [-0.1, -0.05) is 6.07 Å². The Morgan fingerprint density at radius 2 is 1.83 bits per heavy atom. The summed E-state index contributed by atoms with van der Waals surface area (Å²) in [5.74, 6) is -2.17. The van der Waals surface area contributed by atoms with Crippen molar-refractivity contribution in [2.45, 2.75) is 13.8 Å². The number of imide groups is 2. The number of ether oxygens (including phenoxy) is 1. The number of rotatable bonds is 5. The summed E-state index contributed by atoms with van der Waals surface area (Å²) >= 11 is 0. The minimum atomic E-state index is -0.983. The normalized spacial score (nSPS) is 14.9. The predicted molar refractivity (Wildman–Crippen MR) is 124 cm³/mol. The molecule has 0 saturated carbocycles. The minimum Gasteiger partial charge on any atom is -0.494 e. The third kappa shape index (κ3) is 4.14. The molecule has 2 aromatic carbocycles. The number of nitrogens with zero attached hydrogens (tertiary/aromatic N) is 3. The minimum absolute atomic E-state index is 0.0213. The second-order valence-corrected chi connectivity index (χ2v) is 7.71. The van der Waals surface area contributed by atoms with Gasteiger partial charge in [-0.05, 0) is 55.8 Å². The first-order chi connectivity index (χ1) is 16.6. The molecular weight excluding hydrogens is 459 g/mol. The van der Waals surface area contributed by atoms with Crippen LogP contribution in [0.15, 0.2) is 54.1 Å². The van der Waals surface area contributed by atoms with Crippen LogP contribution >= 0.6 is 0 Å². The molecule has 0 radical (unpaired) electrons. The van der Waals surface area contributed by atoms with Crippen LogP contribution in [0, 0.1) is 29.8 Å². The second-order valence-electron chi connectivity index (χ2n) is 7.71. The maximum absolute atomic E-state index is 13.7. The number of benzene rings is 2. The average molecular weight is 478 g/mol. The molecule has 4 rings (SSSR count). The molecular formula is C24H19FN4O6. The van der Waals surface area contributed by atoms with E-state index >= 15 is 0 Å². The molecule has 10 nitrogen and oxygen atoms in total. The van der Waals surface area contributed by atoms with Gasteiger partial charge in [-0.2, -0.15) is 0 Å². The van der Waals surface area contributed by atoms with Crippen LogP contribution in [0.5, 0.6) is 5.75 Å². The van der Waals surface area contributed by atoms with Crippen LogP contribution in [-0.2, 0) is 9.59 Å². The lowest BCUT2D eigenvalue weighted by Crippen LogP contribution is -2.54. The molecule has 1 aromatic heterocycles. The van der Waals surface area contributed by atoms with Gasteiger partial charge in [0.25, 0.3) is 17.5 Å². The van der Waals surface area contributed by atoms with Gasteiger partial charge in [0.1, 0.15) is 17.1 Å². The fourth-order valence-electron chi connectivity index (χ4n) is 3.93. The molecule has 11 heteroatoms. The van der Waals surface area contributed by atoms with Gasteiger partial charge in [-0.25, -0.2) is 14.1 Å². The summed E-state index contributed by atoms with van der Waals surface area (Å²) in [5, 5.41) is 13.2. The van der Waals surface area contributed by atoms with Gasteiger partial charge < -0.3 is 9.30 Å². The number of aromatic nitrogens is 1. The summed E-state index contributed by atoms with van der Waals surface area (Å²) in [6, 6.07) is 9.81. The first-order valence-corrected chi connectivity index (χ1v) is 10.3. The molecule has 1 fully saturated rings. The highest BCUT2D eigenvalue weighted by Crippen LogP contribution is 2.32. The van der Waals surface area contributed by atoms with E-state index in [0.29, 0.717) is 27.5 Å². The number of carbonyl (C=O) groups is 3. The molecule has 4 amide bonds. The molecule has 2 heterocycles. The van der Waals surface area contributed by atoms with Gasteiger partial charge >= 0.3 is 6.03 Å². The van der Waals surface area contributed by atoms with Crippen molar-refractivity contribution >= 4 is 35.3 Å². The molecule has 3 aromatic rings. The van der Waals surface area contributed by atoms with Gasteiger partial charge in [-0.3, -0.25) is 25.0 Å². The molecule has 1 N–H and O–H groups in total. The lowest BCUT2D eigenvalue weighted by Gasteiger charge is -2.26. The number of carbonyl (C=O) groups excluding carboxylic acids is 3. The molecule has 0 spiro atoms. The molecule has 178 valence electrons. The quantitative estimate of drug-likeness (QED) is 0.257. The van der Waals surface area contributed by atoms with Crippen molar-refractivity contribution in [1.29, 1.82) is 0 Å². The van der Waals surface area contributed by atoms with E-state index in [2.05, 4.69) is 5.32 Å². The first-order valence-electron chi connectivity index (χ1n) is 10.3. The summed E-state index contributed by atoms with van der Waals surface area (Å²) < 4.78 is 20.8. The number of methoxy groups -OCH3 is 1. The highest BCUT2D eigenvalue weighted by molar-refractivity contribution is 6.39. The highest BCUT2D eigenvalue weighted by atomic mass is 19.1. The summed E-state index contributed by atoms with van der Waals surface area (Å²) in [5.41, 5.74) is 1.85. The zero-order valence-corrected chi connectivity index (χ0v) is 18.9.